The Morgan fingerprint density at radius 1 is 0.536 bits per heavy atom. The summed E-state index contributed by atoms with van der Waals surface area (Å²) in [5.41, 5.74) is 3.30. The summed E-state index contributed by atoms with van der Waals surface area (Å²) in [7, 11) is 0. The molecule has 0 aliphatic heterocycles. The van der Waals surface area contributed by atoms with E-state index in [0.29, 0.717) is 0 Å². The molecular weight excluding hydrogens is 408 g/mol. The molecule has 3 heteroatoms. The van der Waals surface area contributed by atoms with E-state index in [-0.39, 0.29) is 0 Å². The average Bonchev–Trinajstić information content (AvgIpc) is 2.77. The van der Waals surface area contributed by atoms with E-state index < -0.39 is 5.54 Å². The number of benzene rings is 4. The van der Waals surface area contributed by atoms with Crippen molar-refractivity contribution in [1.29, 1.82) is 0 Å². The molecule has 0 saturated heterocycles. The Balaban J connectivity index is 1.98. The van der Waals surface area contributed by atoms with E-state index >= 15 is 0 Å². The molecule has 4 aromatic carbocycles. The lowest BCUT2D eigenvalue weighted by Crippen LogP contribution is -2.26. The van der Waals surface area contributed by atoms with Gasteiger partial charge in [-0.1, -0.05) is 113 Å². The van der Waals surface area contributed by atoms with Gasteiger partial charge in [-0.05, 0) is 34.9 Å². The SMILES string of the molecule is Brc1cccc(N=NC(c2ccccc2)(c2ccccc2)c2ccccc2)c1. The number of hydrogen-bond acceptors (Lipinski definition) is 2. The summed E-state index contributed by atoms with van der Waals surface area (Å²) < 4.78 is 0.980. The van der Waals surface area contributed by atoms with Gasteiger partial charge in [0.2, 0.25) is 0 Å². The van der Waals surface area contributed by atoms with Gasteiger partial charge in [-0.3, -0.25) is 0 Å². The summed E-state index contributed by atoms with van der Waals surface area (Å²) in [5.74, 6) is 0. The summed E-state index contributed by atoms with van der Waals surface area (Å²) >= 11 is 3.52. The minimum absolute atomic E-state index is 0.730. The van der Waals surface area contributed by atoms with Gasteiger partial charge in [-0.25, -0.2) is 0 Å². The van der Waals surface area contributed by atoms with E-state index in [2.05, 4.69) is 57.4 Å². The number of hydrogen-bond donors (Lipinski definition) is 0. The predicted molar refractivity (Wildman–Crippen MR) is 118 cm³/mol. The fourth-order valence-electron chi connectivity index (χ4n) is 3.38. The largest absolute Gasteiger partial charge is 0.167 e. The highest BCUT2D eigenvalue weighted by Gasteiger charge is 2.36. The van der Waals surface area contributed by atoms with Gasteiger partial charge in [0.1, 0.15) is 0 Å². The molecule has 4 rings (SSSR count). The standard InChI is InChI=1S/C25H19BrN2/c26-23-17-10-18-24(19-23)27-28-25(20-11-4-1-5-12-20,21-13-6-2-7-14-21)22-15-8-3-9-16-22/h1-19H. The summed E-state index contributed by atoms with van der Waals surface area (Å²) in [5, 5.41) is 9.65. The van der Waals surface area contributed by atoms with Crippen LogP contribution in [0.5, 0.6) is 0 Å². The van der Waals surface area contributed by atoms with Crippen LogP contribution in [0.4, 0.5) is 5.69 Å². The third-order valence-corrected chi connectivity index (χ3v) is 5.19. The van der Waals surface area contributed by atoms with Crippen LogP contribution in [0.2, 0.25) is 0 Å². The van der Waals surface area contributed by atoms with Gasteiger partial charge in [0, 0.05) is 4.47 Å². The zero-order chi connectivity index (χ0) is 19.2. The molecule has 28 heavy (non-hydrogen) atoms. The van der Waals surface area contributed by atoms with E-state index in [9.17, 15) is 0 Å². The monoisotopic (exact) mass is 426 g/mol. The quantitative estimate of drug-likeness (QED) is 0.232. The molecule has 4 aromatic rings. The van der Waals surface area contributed by atoms with Crippen LogP contribution in [0.25, 0.3) is 0 Å². The molecule has 0 saturated carbocycles. The second kappa shape index (κ2) is 8.32. The normalized spacial score (nSPS) is 11.6. The zero-order valence-electron chi connectivity index (χ0n) is 15.2. The molecule has 0 heterocycles. The minimum atomic E-state index is -0.730. The van der Waals surface area contributed by atoms with Crippen molar-refractivity contribution in [3.05, 3.63) is 136 Å². The van der Waals surface area contributed by atoms with Crippen LogP contribution >= 0.6 is 15.9 Å². The number of nitrogens with zero attached hydrogens (tertiary/aromatic N) is 2. The van der Waals surface area contributed by atoms with Crippen LogP contribution in [0.15, 0.2) is 130 Å². The lowest BCUT2D eigenvalue weighted by Gasteiger charge is -2.30. The average molecular weight is 427 g/mol. The Bertz CT molecular complexity index is 965. The molecule has 0 unspecified atom stereocenters. The summed E-state index contributed by atoms with van der Waals surface area (Å²) in [6, 6.07) is 38.9. The molecule has 0 amide bonds. The molecule has 0 spiro atoms. The maximum absolute atomic E-state index is 4.98. The minimum Gasteiger partial charge on any atom is -0.167 e. The first-order chi connectivity index (χ1) is 13.8. The molecular formula is C25H19BrN2. The van der Waals surface area contributed by atoms with Crippen molar-refractivity contribution in [3.8, 4) is 0 Å². The summed E-state index contributed by atoms with van der Waals surface area (Å²) in [6.45, 7) is 0. The first-order valence-corrected chi connectivity index (χ1v) is 9.93. The van der Waals surface area contributed by atoms with E-state index in [1.807, 2.05) is 78.9 Å². The topological polar surface area (TPSA) is 24.7 Å². The molecule has 0 fully saturated rings. The lowest BCUT2D eigenvalue weighted by molar-refractivity contribution is 0.618. The van der Waals surface area contributed by atoms with Crippen molar-refractivity contribution in [2.45, 2.75) is 5.54 Å². The zero-order valence-corrected chi connectivity index (χ0v) is 16.8. The molecule has 136 valence electrons. The fraction of sp³-hybridized carbons (Fsp3) is 0.0400. The maximum Gasteiger partial charge on any atom is 0.157 e. The van der Waals surface area contributed by atoms with Crippen LogP contribution in [-0.4, -0.2) is 0 Å². The Labute approximate surface area is 173 Å². The van der Waals surface area contributed by atoms with Crippen LogP contribution in [-0.2, 0) is 5.54 Å². The number of halogens is 1. The van der Waals surface area contributed by atoms with Gasteiger partial charge >= 0.3 is 0 Å². The molecule has 0 bridgehead atoms. The summed E-state index contributed by atoms with van der Waals surface area (Å²) in [4.78, 5) is 0. The van der Waals surface area contributed by atoms with Crippen LogP contribution in [0.3, 0.4) is 0 Å². The maximum atomic E-state index is 4.98. The highest BCUT2D eigenvalue weighted by Crippen LogP contribution is 2.41. The molecule has 0 aliphatic rings. The van der Waals surface area contributed by atoms with Crippen molar-refractivity contribution in [1.82, 2.24) is 0 Å². The molecule has 0 aliphatic carbocycles. The van der Waals surface area contributed by atoms with Crippen LogP contribution < -0.4 is 0 Å². The number of azo groups is 1. The summed E-state index contributed by atoms with van der Waals surface area (Å²) in [6.07, 6.45) is 0. The fourth-order valence-corrected chi connectivity index (χ4v) is 3.77. The Hall–Kier alpha value is -3.04. The van der Waals surface area contributed by atoms with Gasteiger partial charge in [0.05, 0.1) is 5.69 Å². The Morgan fingerprint density at radius 2 is 1.00 bits per heavy atom. The Kier molecular flexibility index (Phi) is 5.45. The predicted octanol–water partition coefficient (Wildman–Crippen LogP) is 7.52. The van der Waals surface area contributed by atoms with Crippen molar-refractivity contribution < 1.29 is 0 Å². The Morgan fingerprint density at radius 3 is 1.43 bits per heavy atom. The van der Waals surface area contributed by atoms with E-state index in [1.165, 1.54) is 0 Å². The molecule has 0 radical (unpaired) electrons. The molecule has 2 nitrogen and oxygen atoms in total. The van der Waals surface area contributed by atoms with Gasteiger partial charge in [-0.15, -0.1) is 0 Å². The van der Waals surface area contributed by atoms with Gasteiger partial charge < -0.3 is 0 Å². The first-order valence-electron chi connectivity index (χ1n) is 9.14. The third kappa shape index (κ3) is 3.67. The van der Waals surface area contributed by atoms with Crippen LogP contribution in [0, 0.1) is 0 Å². The van der Waals surface area contributed by atoms with Gasteiger partial charge in [-0.2, -0.15) is 10.2 Å². The van der Waals surface area contributed by atoms with Gasteiger partial charge in [0.25, 0.3) is 0 Å². The second-order valence-corrected chi connectivity index (χ2v) is 7.40. The molecule has 0 atom stereocenters. The second-order valence-electron chi connectivity index (χ2n) is 6.49. The van der Waals surface area contributed by atoms with Crippen molar-refractivity contribution in [2.75, 3.05) is 0 Å². The van der Waals surface area contributed by atoms with Crippen molar-refractivity contribution >= 4 is 21.6 Å². The van der Waals surface area contributed by atoms with E-state index in [4.69, 9.17) is 5.11 Å². The smallest absolute Gasteiger partial charge is 0.157 e. The first kappa shape index (κ1) is 18.3. The molecule has 0 aromatic heterocycles. The number of rotatable bonds is 5. The van der Waals surface area contributed by atoms with Crippen molar-refractivity contribution in [3.63, 3.8) is 0 Å². The lowest BCUT2D eigenvalue weighted by atomic mass is 9.78. The van der Waals surface area contributed by atoms with Gasteiger partial charge in [0.15, 0.2) is 5.54 Å². The third-order valence-electron chi connectivity index (χ3n) is 4.70. The molecule has 0 N–H and O–H groups in total. The highest BCUT2D eigenvalue weighted by molar-refractivity contribution is 9.10. The van der Waals surface area contributed by atoms with E-state index in [0.717, 1.165) is 26.9 Å². The van der Waals surface area contributed by atoms with Crippen molar-refractivity contribution in [2.24, 2.45) is 10.2 Å². The highest BCUT2D eigenvalue weighted by atomic mass is 79.9. The van der Waals surface area contributed by atoms with Crippen LogP contribution in [0.1, 0.15) is 16.7 Å². The van der Waals surface area contributed by atoms with E-state index in [1.54, 1.807) is 0 Å².